The van der Waals surface area contributed by atoms with Gasteiger partial charge in [0.1, 0.15) is 5.60 Å². The van der Waals surface area contributed by atoms with Gasteiger partial charge in [-0.1, -0.05) is 48.9 Å². The van der Waals surface area contributed by atoms with Crippen LogP contribution in [0.2, 0.25) is 0 Å². The maximum Gasteiger partial charge on any atom is 0.307 e. The third kappa shape index (κ3) is 5.33. The predicted molar refractivity (Wildman–Crippen MR) is 122 cm³/mol. The van der Waals surface area contributed by atoms with Gasteiger partial charge in [0.25, 0.3) is 0 Å². The molecule has 2 aliphatic carbocycles. The van der Waals surface area contributed by atoms with Crippen LogP contribution in [-0.2, 0) is 9.53 Å². The Kier molecular flexibility index (Phi) is 6.09. The Balaban J connectivity index is 1.14. The van der Waals surface area contributed by atoms with Crippen LogP contribution in [0.15, 0.2) is 35.9 Å². The summed E-state index contributed by atoms with van der Waals surface area (Å²) < 4.78 is 5.41. The molecule has 2 saturated carbocycles. The topological polar surface area (TPSA) is 41.6 Å². The largest absolute Gasteiger partial charge is 0.460 e. The summed E-state index contributed by atoms with van der Waals surface area (Å²) in [4.78, 5) is 14.3. The van der Waals surface area contributed by atoms with Crippen molar-refractivity contribution in [1.29, 1.82) is 0 Å². The third-order valence-electron chi connectivity index (χ3n) is 6.81. The summed E-state index contributed by atoms with van der Waals surface area (Å²) in [6, 6.07) is 12.1. The van der Waals surface area contributed by atoms with Crippen LogP contribution < -0.4 is 5.32 Å². The number of carbonyl (C=O) groups excluding carboxylic acids is 1. The molecule has 0 radical (unpaired) electrons. The number of esters is 1. The molecule has 1 saturated heterocycles. The van der Waals surface area contributed by atoms with E-state index in [0.717, 1.165) is 32.0 Å². The number of benzene rings is 1. The van der Waals surface area contributed by atoms with Crippen molar-refractivity contribution in [3.63, 3.8) is 0 Å². The molecule has 1 spiro atoms. The number of nitrogens with one attached hydrogen (secondary N) is 1. The van der Waals surface area contributed by atoms with E-state index in [4.69, 9.17) is 4.74 Å². The monoisotopic (exact) mass is 410 g/mol. The van der Waals surface area contributed by atoms with Crippen molar-refractivity contribution in [2.24, 2.45) is 11.3 Å². The quantitative estimate of drug-likeness (QED) is 0.633. The van der Waals surface area contributed by atoms with Crippen LogP contribution in [0.3, 0.4) is 0 Å². The van der Waals surface area contributed by atoms with Crippen molar-refractivity contribution < 1.29 is 9.53 Å². The maximum atomic E-state index is 11.9. The Morgan fingerprint density at radius 1 is 1.23 bits per heavy atom. The molecule has 1 N–H and O–H groups in total. The lowest BCUT2D eigenvalue weighted by Crippen LogP contribution is -2.66. The van der Waals surface area contributed by atoms with Gasteiger partial charge in [0.15, 0.2) is 0 Å². The highest BCUT2D eigenvalue weighted by Crippen LogP contribution is 2.50. The zero-order valence-electron chi connectivity index (χ0n) is 19.1. The summed E-state index contributed by atoms with van der Waals surface area (Å²) in [6.45, 7) is 11.2. The fourth-order valence-electron chi connectivity index (χ4n) is 5.39. The smallest absolute Gasteiger partial charge is 0.307 e. The van der Waals surface area contributed by atoms with Gasteiger partial charge in [-0.05, 0) is 63.4 Å². The summed E-state index contributed by atoms with van der Waals surface area (Å²) >= 11 is 0. The summed E-state index contributed by atoms with van der Waals surface area (Å²) in [5.74, 6) is 0.644. The summed E-state index contributed by atoms with van der Waals surface area (Å²) in [5.41, 5.74) is 3.05. The summed E-state index contributed by atoms with van der Waals surface area (Å²) in [5, 5.41) is 3.92. The molecule has 0 aromatic heterocycles. The molecule has 30 heavy (non-hydrogen) atoms. The van der Waals surface area contributed by atoms with Gasteiger partial charge in [0.05, 0.1) is 6.42 Å². The van der Waals surface area contributed by atoms with E-state index >= 15 is 0 Å². The van der Waals surface area contributed by atoms with Crippen LogP contribution in [0.5, 0.6) is 0 Å². The second-order valence-corrected chi connectivity index (χ2v) is 10.8. The van der Waals surface area contributed by atoms with E-state index in [9.17, 15) is 4.79 Å². The lowest BCUT2D eigenvalue weighted by Gasteiger charge is -2.59. The Bertz CT molecular complexity index is 766. The van der Waals surface area contributed by atoms with Crippen LogP contribution in [0.25, 0.3) is 6.08 Å². The van der Waals surface area contributed by atoms with Gasteiger partial charge >= 0.3 is 5.97 Å². The lowest BCUT2D eigenvalue weighted by molar-refractivity contribution is -0.156. The Morgan fingerprint density at radius 2 is 1.93 bits per heavy atom. The fourth-order valence-corrected chi connectivity index (χ4v) is 5.39. The van der Waals surface area contributed by atoms with Crippen LogP contribution in [0, 0.1) is 11.3 Å². The van der Waals surface area contributed by atoms with Gasteiger partial charge in [-0.25, -0.2) is 0 Å². The molecule has 164 valence electrons. The molecule has 2 atom stereocenters. The average molecular weight is 411 g/mol. The maximum absolute atomic E-state index is 11.9. The second kappa shape index (κ2) is 8.47. The summed E-state index contributed by atoms with van der Waals surface area (Å²) in [7, 11) is 0. The highest BCUT2D eigenvalue weighted by molar-refractivity contribution is 5.70. The van der Waals surface area contributed by atoms with Gasteiger partial charge < -0.3 is 15.0 Å². The molecule has 1 heterocycles. The van der Waals surface area contributed by atoms with Crippen molar-refractivity contribution in [2.45, 2.75) is 77.5 Å². The first-order valence-corrected chi connectivity index (χ1v) is 11.7. The Morgan fingerprint density at radius 3 is 2.57 bits per heavy atom. The fraction of sp³-hybridized carbons (Fsp3) is 0.654. The number of hydrogen-bond donors (Lipinski definition) is 1. The van der Waals surface area contributed by atoms with E-state index in [1.807, 2.05) is 20.8 Å². The van der Waals surface area contributed by atoms with E-state index in [2.05, 4.69) is 53.5 Å². The molecule has 1 aromatic carbocycles. The molecule has 1 aliphatic heterocycles. The van der Waals surface area contributed by atoms with E-state index in [1.54, 1.807) is 5.57 Å². The van der Waals surface area contributed by atoms with E-state index in [-0.39, 0.29) is 11.6 Å². The molecule has 3 fully saturated rings. The minimum atomic E-state index is -0.380. The molecule has 0 unspecified atom stereocenters. The molecule has 3 aliphatic rings. The van der Waals surface area contributed by atoms with Gasteiger partial charge in [-0.15, -0.1) is 0 Å². The third-order valence-corrected chi connectivity index (χ3v) is 6.81. The van der Waals surface area contributed by atoms with E-state index < -0.39 is 0 Å². The second-order valence-electron chi connectivity index (χ2n) is 10.8. The van der Waals surface area contributed by atoms with Crippen molar-refractivity contribution in [2.75, 3.05) is 19.6 Å². The van der Waals surface area contributed by atoms with Gasteiger partial charge in [0, 0.05) is 31.7 Å². The molecule has 0 amide bonds. The number of ether oxygens (including phenoxy) is 1. The number of hydrogen-bond acceptors (Lipinski definition) is 4. The van der Waals surface area contributed by atoms with Crippen LogP contribution in [0.4, 0.5) is 0 Å². The standard InChI is InChI=1S/C26H38N2O2/c1-5-20(13-19-9-7-6-8-10-19)22-14-23(22)27-21-15-26(16-21)17-28(18-26)12-11-24(29)30-25(2,3)4/h6-10,13,21-23,27H,5,11-12,14-18H2,1-4H3/b20-13+/t22-,23+/m0/s1. The Labute approximate surface area is 182 Å². The van der Waals surface area contributed by atoms with Crippen LogP contribution in [-0.4, -0.2) is 48.2 Å². The lowest BCUT2D eigenvalue weighted by atomic mass is 9.60. The summed E-state index contributed by atoms with van der Waals surface area (Å²) in [6.07, 6.45) is 7.92. The first kappa shape index (κ1) is 21.6. The van der Waals surface area contributed by atoms with Gasteiger partial charge in [0.2, 0.25) is 0 Å². The minimum absolute atomic E-state index is 0.0772. The minimum Gasteiger partial charge on any atom is -0.460 e. The highest BCUT2D eigenvalue weighted by atomic mass is 16.6. The number of carbonyl (C=O) groups is 1. The first-order valence-electron chi connectivity index (χ1n) is 11.7. The molecule has 4 rings (SSSR count). The molecule has 1 aromatic rings. The van der Waals surface area contributed by atoms with Crippen molar-refractivity contribution >= 4 is 12.0 Å². The highest BCUT2D eigenvalue weighted by Gasteiger charge is 2.53. The zero-order chi connectivity index (χ0) is 21.4. The zero-order valence-corrected chi connectivity index (χ0v) is 19.1. The SMILES string of the molecule is CC/C(=C\c1ccccc1)[C@@H]1C[C@H]1NC1CC2(C1)CN(CCC(=O)OC(C)(C)C)C2. The van der Waals surface area contributed by atoms with E-state index in [1.165, 1.54) is 24.8 Å². The molecule has 4 heteroatoms. The number of rotatable bonds is 8. The number of nitrogens with zero attached hydrogens (tertiary/aromatic N) is 1. The number of likely N-dealkylation sites (tertiary alicyclic amines) is 1. The Hall–Kier alpha value is -1.65. The van der Waals surface area contributed by atoms with Crippen molar-refractivity contribution in [3.05, 3.63) is 41.5 Å². The van der Waals surface area contributed by atoms with Gasteiger partial charge in [-0.2, -0.15) is 0 Å². The van der Waals surface area contributed by atoms with Crippen LogP contribution in [0.1, 0.15) is 65.4 Å². The van der Waals surface area contributed by atoms with Crippen molar-refractivity contribution in [1.82, 2.24) is 10.2 Å². The van der Waals surface area contributed by atoms with Gasteiger partial charge in [-0.3, -0.25) is 4.79 Å². The van der Waals surface area contributed by atoms with E-state index in [0.29, 0.717) is 23.9 Å². The first-order chi connectivity index (χ1) is 14.3. The average Bonchev–Trinajstić information content (AvgIpc) is 3.38. The molecule has 0 bridgehead atoms. The molecular formula is C26H38N2O2. The van der Waals surface area contributed by atoms with Crippen molar-refractivity contribution in [3.8, 4) is 0 Å². The molecular weight excluding hydrogens is 372 g/mol. The molecule has 4 nitrogen and oxygen atoms in total. The van der Waals surface area contributed by atoms with Crippen LogP contribution >= 0.6 is 0 Å². The normalized spacial score (nSPS) is 26.2. The predicted octanol–water partition coefficient (Wildman–Crippen LogP) is 4.65.